The van der Waals surface area contributed by atoms with Gasteiger partial charge in [0, 0.05) is 25.2 Å². The van der Waals surface area contributed by atoms with Crippen molar-refractivity contribution in [2.45, 2.75) is 33.6 Å². The SMILES string of the molecule is Cc1nc2cc(N3CC(C(=O)NCCC(C)C)CC3=O)ccc2s1. The molecule has 1 aromatic carbocycles. The summed E-state index contributed by atoms with van der Waals surface area (Å²) >= 11 is 1.64. The van der Waals surface area contributed by atoms with E-state index in [1.165, 1.54) is 0 Å². The summed E-state index contributed by atoms with van der Waals surface area (Å²) in [5.74, 6) is 0.278. The van der Waals surface area contributed by atoms with Crippen LogP contribution in [0.25, 0.3) is 10.2 Å². The Morgan fingerprint density at radius 3 is 3.00 bits per heavy atom. The number of hydrogen-bond donors (Lipinski definition) is 1. The number of anilines is 1. The second-order valence-electron chi connectivity index (χ2n) is 6.76. The number of fused-ring (bicyclic) bond motifs is 1. The fourth-order valence-electron chi connectivity index (χ4n) is 2.96. The number of aromatic nitrogens is 1. The van der Waals surface area contributed by atoms with Crippen molar-refractivity contribution in [3.05, 3.63) is 23.2 Å². The third-order valence-corrected chi connectivity index (χ3v) is 5.26. The van der Waals surface area contributed by atoms with Crippen LogP contribution in [0.15, 0.2) is 18.2 Å². The van der Waals surface area contributed by atoms with Gasteiger partial charge in [0.05, 0.1) is 21.1 Å². The van der Waals surface area contributed by atoms with Gasteiger partial charge in [-0.15, -0.1) is 11.3 Å². The predicted octanol–water partition coefficient (Wildman–Crippen LogP) is 3.12. The number of carbonyl (C=O) groups excluding carboxylic acids is 2. The molecule has 6 heteroatoms. The van der Waals surface area contributed by atoms with Gasteiger partial charge in [0.25, 0.3) is 0 Å². The van der Waals surface area contributed by atoms with Crippen molar-refractivity contribution < 1.29 is 9.59 Å². The first-order valence-electron chi connectivity index (χ1n) is 8.39. The number of hydrogen-bond acceptors (Lipinski definition) is 4. The zero-order valence-corrected chi connectivity index (χ0v) is 15.2. The lowest BCUT2D eigenvalue weighted by molar-refractivity contribution is -0.126. The van der Waals surface area contributed by atoms with Crippen LogP contribution in [-0.2, 0) is 9.59 Å². The van der Waals surface area contributed by atoms with Gasteiger partial charge in [-0.2, -0.15) is 0 Å². The highest BCUT2D eigenvalue weighted by molar-refractivity contribution is 7.18. The molecule has 1 atom stereocenters. The molecule has 0 radical (unpaired) electrons. The topological polar surface area (TPSA) is 62.3 Å². The maximum atomic E-state index is 12.3. The molecule has 3 rings (SSSR count). The molecular formula is C18H23N3O2S. The molecule has 24 heavy (non-hydrogen) atoms. The first-order chi connectivity index (χ1) is 11.4. The van der Waals surface area contributed by atoms with Crippen molar-refractivity contribution >= 4 is 39.1 Å². The molecule has 1 N–H and O–H groups in total. The van der Waals surface area contributed by atoms with E-state index in [1.807, 2.05) is 25.1 Å². The lowest BCUT2D eigenvalue weighted by atomic mass is 10.1. The molecule has 1 aromatic heterocycles. The Kier molecular flexibility index (Phi) is 4.85. The summed E-state index contributed by atoms with van der Waals surface area (Å²) in [6.07, 6.45) is 1.23. The van der Waals surface area contributed by atoms with E-state index in [1.54, 1.807) is 16.2 Å². The zero-order valence-electron chi connectivity index (χ0n) is 14.3. The standard InChI is InChI=1S/C18H23N3O2S/c1-11(2)6-7-19-18(23)13-8-17(22)21(10-13)14-4-5-16-15(9-14)20-12(3)24-16/h4-5,9,11,13H,6-8,10H2,1-3H3,(H,19,23). The van der Waals surface area contributed by atoms with Crippen LogP contribution in [0, 0.1) is 18.8 Å². The quantitative estimate of drug-likeness (QED) is 0.906. The second-order valence-corrected chi connectivity index (χ2v) is 8.00. The molecule has 128 valence electrons. The Morgan fingerprint density at radius 1 is 1.46 bits per heavy atom. The van der Waals surface area contributed by atoms with Gasteiger partial charge in [-0.1, -0.05) is 13.8 Å². The molecule has 2 aromatic rings. The molecule has 1 unspecified atom stereocenters. The number of benzene rings is 1. The van der Waals surface area contributed by atoms with Gasteiger partial charge in [0.2, 0.25) is 11.8 Å². The highest BCUT2D eigenvalue weighted by Crippen LogP contribution is 2.30. The van der Waals surface area contributed by atoms with Gasteiger partial charge in [-0.25, -0.2) is 4.98 Å². The summed E-state index contributed by atoms with van der Waals surface area (Å²) in [6.45, 7) is 7.35. The van der Waals surface area contributed by atoms with Crippen molar-refractivity contribution in [1.29, 1.82) is 0 Å². The molecule has 0 spiro atoms. The monoisotopic (exact) mass is 345 g/mol. The molecule has 2 heterocycles. The van der Waals surface area contributed by atoms with Crippen molar-refractivity contribution in [2.75, 3.05) is 18.0 Å². The molecule has 5 nitrogen and oxygen atoms in total. The van der Waals surface area contributed by atoms with Crippen molar-refractivity contribution in [3.63, 3.8) is 0 Å². The third-order valence-electron chi connectivity index (χ3n) is 4.31. The summed E-state index contributed by atoms with van der Waals surface area (Å²) in [4.78, 5) is 30.8. The number of nitrogens with one attached hydrogen (secondary N) is 1. The van der Waals surface area contributed by atoms with Crippen molar-refractivity contribution in [2.24, 2.45) is 11.8 Å². The number of rotatable bonds is 5. The van der Waals surface area contributed by atoms with E-state index in [0.29, 0.717) is 19.0 Å². The van der Waals surface area contributed by atoms with Gasteiger partial charge in [0.1, 0.15) is 0 Å². The first-order valence-corrected chi connectivity index (χ1v) is 9.21. The molecule has 1 saturated heterocycles. The minimum absolute atomic E-state index is 0.00492. The Balaban J connectivity index is 1.68. The third kappa shape index (κ3) is 3.59. The summed E-state index contributed by atoms with van der Waals surface area (Å²) < 4.78 is 1.12. The molecule has 2 amide bonds. The fraction of sp³-hybridized carbons (Fsp3) is 0.500. The lowest BCUT2D eigenvalue weighted by Crippen LogP contribution is -2.33. The van der Waals surface area contributed by atoms with Crippen LogP contribution in [0.4, 0.5) is 5.69 Å². The van der Waals surface area contributed by atoms with E-state index < -0.39 is 0 Å². The second kappa shape index (κ2) is 6.89. The van der Waals surface area contributed by atoms with Gasteiger partial charge in [-0.05, 0) is 37.5 Å². The number of amides is 2. The van der Waals surface area contributed by atoms with Gasteiger partial charge >= 0.3 is 0 Å². The van der Waals surface area contributed by atoms with E-state index in [9.17, 15) is 9.59 Å². The van der Waals surface area contributed by atoms with Gasteiger partial charge in [-0.3, -0.25) is 9.59 Å². The van der Waals surface area contributed by atoms with E-state index in [0.717, 1.165) is 27.3 Å². The molecule has 1 aliphatic heterocycles. The van der Waals surface area contributed by atoms with Gasteiger partial charge in [0.15, 0.2) is 0 Å². The van der Waals surface area contributed by atoms with E-state index >= 15 is 0 Å². The number of nitrogens with zero attached hydrogens (tertiary/aromatic N) is 2. The summed E-state index contributed by atoms with van der Waals surface area (Å²) in [5.41, 5.74) is 1.74. The van der Waals surface area contributed by atoms with E-state index in [4.69, 9.17) is 0 Å². The number of aryl methyl sites for hydroxylation is 1. The van der Waals surface area contributed by atoms with Crippen LogP contribution in [0.5, 0.6) is 0 Å². The van der Waals surface area contributed by atoms with Crippen LogP contribution >= 0.6 is 11.3 Å². The molecule has 0 saturated carbocycles. The van der Waals surface area contributed by atoms with Crippen molar-refractivity contribution in [1.82, 2.24) is 10.3 Å². The number of thiazole rings is 1. The minimum Gasteiger partial charge on any atom is -0.356 e. The highest BCUT2D eigenvalue weighted by atomic mass is 32.1. The predicted molar refractivity (Wildman–Crippen MR) is 97.3 cm³/mol. The van der Waals surface area contributed by atoms with E-state index in [-0.39, 0.29) is 24.2 Å². The van der Waals surface area contributed by atoms with Crippen molar-refractivity contribution in [3.8, 4) is 0 Å². The largest absolute Gasteiger partial charge is 0.356 e. The fourth-order valence-corrected chi connectivity index (χ4v) is 3.77. The smallest absolute Gasteiger partial charge is 0.227 e. The van der Waals surface area contributed by atoms with Crippen LogP contribution in [0.3, 0.4) is 0 Å². The highest BCUT2D eigenvalue weighted by Gasteiger charge is 2.35. The number of carbonyl (C=O) groups is 2. The molecule has 0 aliphatic carbocycles. The maximum absolute atomic E-state index is 12.3. The summed E-state index contributed by atoms with van der Waals surface area (Å²) in [7, 11) is 0. The molecule has 0 bridgehead atoms. The van der Waals surface area contributed by atoms with E-state index in [2.05, 4.69) is 24.1 Å². The molecule has 1 aliphatic rings. The molecular weight excluding hydrogens is 322 g/mol. The van der Waals surface area contributed by atoms with Crippen LogP contribution in [0.2, 0.25) is 0 Å². The normalized spacial score (nSPS) is 17.9. The average molecular weight is 345 g/mol. The molecule has 1 fully saturated rings. The zero-order chi connectivity index (χ0) is 17.3. The van der Waals surface area contributed by atoms with Crippen LogP contribution < -0.4 is 10.2 Å². The Morgan fingerprint density at radius 2 is 2.25 bits per heavy atom. The summed E-state index contributed by atoms with van der Waals surface area (Å²) in [5, 5.41) is 3.96. The van der Waals surface area contributed by atoms with Gasteiger partial charge < -0.3 is 10.2 Å². The first kappa shape index (κ1) is 16.9. The lowest BCUT2D eigenvalue weighted by Gasteiger charge is -2.17. The maximum Gasteiger partial charge on any atom is 0.227 e. The summed E-state index contributed by atoms with van der Waals surface area (Å²) in [6, 6.07) is 5.88. The van der Waals surface area contributed by atoms with Crippen LogP contribution in [-0.4, -0.2) is 29.9 Å². The van der Waals surface area contributed by atoms with Crippen LogP contribution in [0.1, 0.15) is 31.7 Å². The Bertz CT molecular complexity index is 769. The minimum atomic E-state index is -0.266. The Labute approximate surface area is 146 Å². The Hall–Kier alpha value is -1.95. The average Bonchev–Trinajstić information content (AvgIpc) is 3.07.